The summed E-state index contributed by atoms with van der Waals surface area (Å²) in [5.41, 5.74) is 11.1. The summed E-state index contributed by atoms with van der Waals surface area (Å²) >= 11 is 0. The SMILES string of the molecule is COc1ccc(C(N)C(N)c2ccc(OC)c(F)c2F)c(F)c1F. The molecule has 2 rings (SSSR count). The van der Waals surface area contributed by atoms with Gasteiger partial charge in [0.15, 0.2) is 23.1 Å². The molecule has 0 saturated carbocycles. The molecule has 130 valence electrons. The number of nitrogens with two attached hydrogens (primary N) is 2. The van der Waals surface area contributed by atoms with Gasteiger partial charge in [-0.1, -0.05) is 12.1 Å². The third-order valence-electron chi connectivity index (χ3n) is 3.70. The van der Waals surface area contributed by atoms with Crippen LogP contribution in [0.4, 0.5) is 17.6 Å². The summed E-state index contributed by atoms with van der Waals surface area (Å²) in [6.45, 7) is 0. The van der Waals surface area contributed by atoms with Crippen LogP contribution in [0.2, 0.25) is 0 Å². The number of methoxy groups -OCH3 is 2. The fourth-order valence-corrected chi connectivity index (χ4v) is 2.31. The molecule has 0 radical (unpaired) electrons. The molecular formula is C16H16F4N2O2. The Morgan fingerprint density at radius 3 is 1.29 bits per heavy atom. The van der Waals surface area contributed by atoms with Gasteiger partial charge >= 0.3 is 0 Å². The fraction of sp³-hybridized carbons (Fsp3) is 0.250. The second-order valence-electron chi connectivity index (χ2n) is 5.02. The highest BCUT2D eigenvalue weighted by molar-refractivity contribution is 5.37. The lowest BCUT2D eigenvalue weighted by atomic mass is 9.93. The second kappa shape index (κ2) is 7.06. The van der Waals surface area contributed by atoms with Crippen LogP contribution in [0, 0.1) is 23.3 Å². The number of rotatable bonds is 5. The molecule has 8 heteroatoms. The molecule has 0 spiro atoms. The van der Waals surface area contributed by atoms with Gasteiger partial charge < -0.3 is 20.9 Å². The van der Waals surface area contributed by atoms with Crippen molar-refractivity contribution in [3.05, 3.63) is 58.7 Å². The van der Waals surface area contributed by atoms with Gasteiger partial charge in [0.25, 0.3) is 0 Å². The molecule has 0 heterocycles. The number of hydrogen-bond donors (Lipinski definition) is 2. The summed E-state index contributed by atoms with van der Waals surface area (Å²) in [6, 6.07) is 2.08. The molecule has 0 aliphatic rings. The summed E-state index contributed by atoms with van der Waals surface area (Å²) in [6.07, 6.45) is 0. The lowest BCUT2D eigenvalue weighted by Gasteiger charge is -2.22. The van der Waals surface area contributed by atoms with Crippen molar-refractivity contribution in [2.24, 2.45) is 11.5 Å². The van der Waals surface area contributed by atoms with E-state index in [9.17, 15) is 17.6 Å². The summed E-state index contributed by atoms with van der Waals surface area (Å²) in [5, 5.41) is 0. The zero-order chi connectivity index (χ0) is 18.0. The van der Waals surface area contributed by atoms with Crippen molar-refractivity contribution in [2.75, 3.05) is 14.2 Å². The molecular weight excluding hydrogens is 328 g/mol. The molecule has 0 fully saturated rings. The Morgan fingerprint density at radius 2 is 1.00 bits per heavy atom. The Hall–Kier alpha value is -2.32. The smallest absolute Gasteiger partial charge is 0.200 e. The van der Waals surface area contributed by atoms with Crippen LogP contribution in [0.3, 0.4) is 0 Å². The van der Waals surface area contributed by atoms with E-state index >= 15 is 0 Å². The van der Waals surface area contributed by atoms with Crippen molar-refractivity contribution >= 4 is 0 Å². The molecule has 0 bridgehead atoms. The maximum absolute atomic E-state index is 14.1. The molecule has 4 N–H and O–H groups in total. The Balaban J connectivity index is 2.42. The first-order valence-corrected chi connectivity index (χ1v) is 6.88. The van der Waals surface area contributed by atoms with Gasteiger partial charge in [0.05, 0.1) is 26.3 Å². The Morgan fingerprint density at radius 1 is 0.667 bits per heavy atom. The zero-order valence-electron chi connectivity index (χ0n) is 12.9. The second-order valence-corrected chi connectivity index (χ2v) is 5.02. The van der Waals surface area contributed by atoms with Crippen LogP contribution in [-0.2, 0) is 0 Å². The van der Waals surface area contributed by atoms with Crippen LogP contribution >= 0.6 is 0 Å². The molecule has 2 aromatic rings. The number of benzene rings is 2. The van der Waals surface area contributed by atoms with Crippen LogP contribution in [-0.4, -0.2) is 14.2 Å². The van der Waals surface area contributed by atoms with E-state index < -0.39 is 35.4 Å². The van der Waals surface area contributed by atoms with Crippen molar-refractivity contribution < 1.29 is 27.0 Å². The number of ether oxygens (including phenoxy) is 2. The minimum Gasteiger partial charge on any atom is -0.494 e. The standard InChI is InChI=1S/C16H16F4N2O2/c1-23-9-5-3-7(11(17)13(9)19)15(21)16(22)8-4-6-10(24-2)14(20)12(8)18/h3-6,15-16H,21-22H2,1-2H3. The van der Waals surface area contributed by atoms with Crippen molar-refractivity contribution in [3.63, 3.8) is 0 Å². The number of halogens is 4. The fourth-order valence-electron chi connectivity index (χ4n) is 2.31. The van der Waals surface area contributed by atoms with Gasteiger partial charge in [-0.15, -0.1) is 0 Å². The van der Waals surface area contributed by atoms with Gasteiger partial charge in [-0.05, 0) is 12.1 Å². The highest BCUT2D eigenvalue weighted by atomic mass is 19.2. The van der Waals surface area contributed by atoms with E-state index in [0.29, 0.717) is 0 Å². The molecule has 0 aliphatic carbocycles. The van der Waals surface area contributed by atoms with Crippen LogP contribution in [0.25, 0.3) is 0 Å². The maximum Gasteiger partial charge on any atom is 0.200 e. The van der Waals surface area contributed by atoms with E-state index in [1.54, 1.807) is 0 Å². The molecule has 2 unspecified atom stereocenters. The molecule has 0 saturated heterocycles. The predicted molar refractivity (Wildman–Crippen MR) is 79.7 cm³/mol. The predicted octanol–water partition coefficient (Wildman–Crippen LogP) is 2.96. The van der Waals surface area contributed by atoms with Gasteiger partial charge in [0.1, 0.15) is 0 Å². The first-order valence-electron chi connectivity index (χ1n) is 6.88. The van der Waals surface area contributed by atoms with Crippen molar-refractivity contribution in [3.8, 4) is 11.5 Å². The Kier molecular flexibility index (Phi) is 5.30. The largest absolute Gasteiger partial charge is 0.494 e. The number of hydrogen-bond acceptors (Lipinski definition) is 4. The van der Waals surface area contributed by atoms with Gasteiger partial charge in [0, 0.05) is 11.1 Å². The maximum atomic E-state index is 14.1. The molecule has 0 aliphatic heterocycles. The van der Waals surface area contributed by atoms with E-state index in [2.05, 4.69) is 9.47 Å². The normalized spacial score (nSPS) is 13.5. The molecule has 4 nitrogen and oxygen atoms in total. The van der Waals surface area contributed by atoms with Gasteiger partial charge in [0.2, 0.25) is 11.6 Å². The molecule has 2 atom stereocenters. The van der Waals surface area contributed by atoms with E-state index in [1.807, 2.05) is 0 Å². The minimum absolute atomic E-state index is 0.281. The van der Waals surface area contributed by atoms with Crippen LogP contribution in [0.1, 0.15) is 23.2 Å². The lowest BCUT2D eigenvalue weighted by molar-refractivity contribution is 0.363. The van der Waals surface area contributed by atoms with E-state index in [4.69, 9.17) is 11.5 Å². The van der Waals surface area contributed by atoms with Gasteiger partial charge in [-0.2, -0.15) is 8.78 Å². The summed E-state index contributed by atoms with van der Waals surface area (Å²) in [4.78, 5) is 0. The van der Waals surface area contributed by atoms with Crippen molar-refractivity contribution in [2.45, 2.75) is 12.1 Å². The van der Waals surface area contributed by atoms with E-state index in [-0.39, 0.29) is 22.6 Å². The monoisotopic (exact) mass is 344 g/mol. The van der Waals surface area contributed by atoms with Crippen molar-refractivity contribution in [1.29, 1.82) is 0 Å². The van der Waals surface area contributed by atoms with E-state index in [0.717, 1.165) is 0 Å². The first kappa shape index (κ1) is 18.0. The average molecular weight is 344 g/mol. The quantitative estimate of drug-likeness (QED) is 0.818. The van der Waals surface area contributed by atoms with Crippen LogP contribution in [0.15, 0.2) is 24.3 Å². The first-order chi connectivity index (χ1) is 11.3. The molecule has 0 amide bonds. The van der Waals surface area contributed by atoms with Gasteiger partial charge in [-0.3, -0.25) is 0 Å². The Labute approximate surface area is 136 Å². The Bertz CT molecular complexity index is 692. The molecule has 2 aromatic carbocycles. The average Bonchev–Trinajstić information content (AvgIpc) is 2.58. The third-order valence-corrected chi connectivity index (χ3v) is 3.70. The molecule has 24 heavy (non-hydrogen) atoms. The molecule has 0 aromatic heterocycles. The van der Waals surface area contributed by atoms with Crippen LogP contribution < -0.4 is 20.9 Å². The summed E-state index contributed by atoms with van der Waals surface area (Å²) in [5.74, 6) is -5.60. The zero-order valence-corrected chi connectivity index (χ0v) is 12.9. The third kappa shape index (κ3) is 3.02. The minimum atomic E-state index is -1.31. The van der Waals surface area contributed by atoms with Gasteiger partial charge in [-0.25, -0.2) is 8.78 Å². The van der Waals surface area contributed by atoms with Crippen molar-refractivity contribution in [1.82, 2.24) is 0 Å². The topological polar surface area (TPSA) is 70.5 Å². The summed E-state index contributed by atoms with van der Waals surface area (Å²) < 4.78 is 65.1. The van der Waals surface area contributed by atoms with Crippen LogP contribution in [0.5, 0.6) is 11.5 Å². The highest BCUT2D eigenvalue weighted by Crippen LogP contribution is 2.33. The lowest BCUT2D eigenvalue weighted by Crippen LogP contribution is -2.28. The van der Waals surface area contributed by atoms with E-state index in [1.165, 1.54) is 38.5 Å². The highest BCUT2D eigenvalue weighted by Gasteiger charge is 2.27. The summed E-state index contributed by atoms with van der Waals surface area (Å²) in [7, 11) is 2.36.